The smallest absolute Gasteiger partial charge is 0.263 e. The summed E-state index contributed by atoms with van der Waals surface area (Å²) in [6, 6.07) is 25.2. The summed E-state index contributed by atoms with van der Waals surface area (Å²) in [6.07, 6.45) is 0. The van der Waals surface area contributed by atoms with Crippen LogP contribution in [0.2, 0.25) is 0 Å². The highest BCUT2D eigenvalue weighted by atomic mass is 79.9. The van der Waals surface area contributed by atoms with Crippen molar-refractivity contribution >= 4 is 15.9 Å². The Morgan fingerprint density at radius 3 is 1.35 bits per heavy atom. The Bertz CT molecular complexity index is 1720. The van der Waals surface area contributed by atoms with Crippen LogP contribution in [0, 0.1) is 27.7 Å². The molecule has 0 bridgehead atoms. The van der Waals surface area contributed by atoms with Crippen LogP contribution in [-0.4, -0.2) is 19.3 Å². The Balaban J connectivity index is 1.86. The average molecular weight is 598 g/mol. The summed E-state index contributed by atoms with van der Waals surface area (Å²) in [7, 11) is 0. The molecule has 202 valence electrons. The molecular formula is C33H29BrN2O4. The molecule has 2 heterocycles. The van der Waals surface area contributed by atoms with E-state index in [2.05, 4.69) is 15.9 Å². The fourth-order valence-corrected chi connectivity index (χ4v) is 5.43. The van der Waals surface area contributed by atoms with Crippen LogP contribution in [0.4, 0.5) is 0 Å². The van der Waals surface area contributed by atoms with E-state index in [-0.39, 0.29) is 22.6 Å². The van der Waals surface area contributed by atoms with Crippen molar-refractivity contribution in [1.82, 2.24) is 9.13 Å². The third-order valence-corrected chi connectivity index (χ3v) is 7.71. The summed E-state index contributed by atoms with van der Waals surface area (Å²) in [4.78, 5) is 28.5. The topological polar surface area (TPSA) is 84.5 Å². The van der Waals surface area contributed by atoms with Crippen molar-refractivity contribution in [2.45, 2.75) is 33.6 Å². The SMILES string of the molecule is Cc1ccc(-n2c(C)cc(O)c(C(c3ccc(Br)cc3)c3c(O)cc(C)n(-c4ccc(C)cc4)c3=O)c2=O)cc1. The van der Waals surface area contributed by atoms with Gasteiger partial charge in [0.15, 0.2) is 0 Å². The van der Waals surface area contributed by atoms with Gasteiger partial charge >= 0.3 is 0 Å². The Morgan fingerprint density at radius 1 is 0.600 bits per heavy atom. The minimum absolute atomic E-state index is 0.000191. The van der Waals surface area contributed by atoms with Gasteiger partial charge in [0.05, 0.1) is 17.0 Å². The molecule has 5 aromatic rings. The molecule has 0 atom stereocenters. The van der Waals surface area contributed by atoms with Crippen molar-refractivity contribution in [2.75, 3.05) is 0 Å². The summed E-state index contributed by atoms with van der Waals surface area (Å²) < 4.78 is 3.85. The van der Waals surface area contributed by atoms with Crippen molar-refractivity contribution in [1.29, 1.82) is 0 Å². The van der Waals surface area contributed by atoms with E-state index in [0.29, 0.717) is 28.3 Å². The maximum Gasteiger partial charge on any atom is 0.263 e. The third kappa shape index (κ3) is 4.89. The maximum absolute atomic E-state index is 14.2. The van der Waals surface area contributed by atoms with Crippen LogP contribution in [0.1, 0.15) is 45.1 Å². The van der Waals surface area contributed by atoms with Gasteiger partial charge in [-0.3, -0.25) is 18.7 Å². The zero-order valence-electron chi connectivity index (χ0n) is 22.6. The van der Waals surface area contributed by atoms with Crippen molar-refractivity contribution in [3.05, 3.63) is 149 Å². The second kappa shape index (κ2) is 10.7. The van der Waals surface area contributed by atoms with Crippen LogP contribution in [0.15, 0.2) is 99.0 Å². The Morgan fingerprint density at radius 2 is 0.975 bits per heavy atom. The molecule has 2 N–H and O–H groups in total. The lowest BCUT2D eigenvalue weighted by molar-refractivity contribution is 0.453. The Hall–Kier alpha value is -4.36. The molecule has 2 aromatic heterocycles. The fourth-order valence-electron chi connectivity index (χ4n) is 5.17. The van der Waals surface area contributed by atoms with Crippen LogP contribution >= 0.6 is 15.9 Å². The number of rotatable bonds is 5. The van der Waals surface area contributed by atoms with Gasteiger partial charge in [0.2, 0.25) is 0 Å². The zero-order valence-corrected chi connectivity index (χ0v) is 24.2. The van der Waals surface area contributed by atoms with Gasteiger partial charge in [-0.2, -0.15) is 0 Å². The molecule has 7 heteroatoms. The van der Waals surface area contributed by atoms with Gasteiger partial charge in [0.25, 0.3) is 11.1 Å². The van der Waals surface area contributed by atoms with Gasteiger partial charge in [-0.1, -0.05) is 63.5 Å². The standard InChI is InChI=1S/C33H29BrN2O4/c1-19-5-13-25(14-6-19)35-21(3)17-27(37)30(32(35)39)29(23-9-11-24(34)12-10-23)31-28(38)18-22(4)36(33(31)40)26-15-7-20(2)8-16-26/h5-18,29,37-38H,1-4H3. The monoisotopic (exact) mass is 596 g/mol. The van der Waals surface area contributed by atoms with Gasteiger partial charge in [-0.05, 0) is 69.7 Å². The average Bonchev–Trinajstić information content (AvgIpc) is 2.90. The van der Waals surface area contributed by atoms with Crippen molar-refractivity contribution < 1.29 is 10.2 Å². The first-order valence-corrected chi connectivity index (χ1v) is 13.7. The lowest BCUT2D eigenvalue weighted by atomic mass is 9.84. The number of aromatic hydroxyl groups is 2. The van der Waals surface area contributed by atoms with Gasteiger partial charge in [-0.15, -0.1) is 0 Å². The second-order valence-electron chi connectivity index (χ2n) is 10.1. The lowest BCUT2D eigenvalue weighted by Gasteiger charge is -2.23. The van der Waals surface area contributed by atoms with Crippen LogP contribution in [-0.2, 0) is 0 Å². The van der Waals surface area contributed by atoms with E-state index in [0.717, 1.165) is 15.6 Å². The van der Waals surface area contributed by atoms with E-state index >= 15 is 0 Å². The molecule has 0 amide bonds. The predicted molar refractivity (Wildman–Crippen MR) is 161 cm³/mol. The lowest BCUT2D eigenvalue weighted by Crippen LogP contribution is -2.31. The molecule has 0 aliphatic heterocycles. The summed E-state index contributed by atoms with van der Waals surface area (Å²) in [5.41, 5.74) is 4.05. The van der Waals surface area contributed by atoms with Crippen LogP contribution in [0.3, 0.4) is 0 Å². The Labute approximate surface area is 240 Å². The van der Waals surface area contributed by atoms with Crippen LogP contribution in [0.25, 0.3) is 11.4 Å². The van der Waals surface area contributed by atoms with E-state index in [1.807, 2.05) is 62.4 Å². The molecule has 0 radical (unpaired) electrons. The van der Waals surface area contributed by atoms with Gasteiger partial charge < -0.3 is 10.2 Å². The van der Waals surface area contributed by atoms with Crippen molar-refractivity contribution in [3.63, 3.8) is 0 Å². The molecule has 0 aliphatic carbocycles. The van der Waals surface area contributed by atoms with E-state index in [1.165, 1.54) is 21.3 Å². The first kappa shape index (κ1) is 27.2. The number of hydrogen-bond donors (Lipinski definition) is 2. The fraction of sp³-hybridized carbons (Fsp3) is 0.152. The summed E-state index contributed by atoms with van der Waals surface area (Å²) >= 11 is 3.45. The van der Waals surface area contributed by atoms with E-state index < -0.39 is 17.0 Å². The molecule has 6 nitrogen and oxygen atoms in total. The van der Waals surface area contributed by atoms with Gasteiger partial charge in [0, 0.05) is 39.4 Å². The van der Waals surface area contributed by atoms with Gasteiger partial charge in [0.1, 0.15) is 11.5 Å². The molecule has 0 saturated heterocycles. The molecule has 3 aromatic carbocycles. The molecule has 0 unspecified atom stereocenters. The highest BCUT2D eigenvalue weighted by Gasteiger charge is 2.31. The van der Waals surface area contributed by atoms with E-state index in [9.17, 15) is 19.8 Å². The van der Waals surface area contributed by atoms with Gasteiger partial charge in [-0.25, -0.2) is 0 Å². The number of benzene rings is 3. The quantitative estimate of drug-likeness (QED) is 0.240. The summed E-state index contributed by atoms with van der Waals surface area (Å²) in [6.45, 7) is 7.41. The minimum atomic E-state index is -1.05. The van der Waals surface area contributed by atoms with Crippen LogP contribution in [0.5, 0.6) is 11.5 Å². The van der Waals surface area contributed by atoms with E-state index in [4.69, 9.17) is 0 Å². The van der Waals surface area contributed by atoms with Crippen molar-refractivity contribution in [3.8, 4) is 22.9 Å². The van der Waals surface area contributed by atoms with E-state index in [1.54, 1.807) is 38.1 Å². The molecule has 0 fully saturated rings. The number of aryl methyl sites for hydroxylation is 4. The highest BCUT2D eigenvalue weighted by molar-refractivity contribution is 9.10. The maximum atomic E-state index is 14.2. The molecule has 0 spiro atoms. The third-order valence-electron chi connectivity index (χ3n) is 7.18. The molecule has 5 rings (SSSR count). The number of pyridine rings is 2. The predicted octanol–water partition coefficient (Wildman–Crippen LogP) is 6.58. The molecular weight excluding hydrogens is 568 g/mol. The summed E-state index contributed by atoms with van der Waals surface area (Å²) in [5, 5.41) is 22.6. The first-order chi connectivity index (χ1) is 19.1. The van der Waals surface area contributed by atoms with Crippen molar-refractivity contribution in [2.24, 2.45) is 0 Å². The molecule has 0 aliphatic rings. The second-order valence-corrected chi connectivity index (χ2v) is 11.0. The highest BCUT2D eigenvalue weighted by Crippen LogP contribution is 2.38. The molecule has 40 heavy (non-hydrogen) atoms. The molecule has 0 saturated carbocycles. The van der Waals surface area contributed by atoms with Crippen LogP contribution < -0.4 is 11.1 Å². The number of halogens is 1. The largest absolute Gasteiger partial charge is 0.507 e. The first-order valence-electron chi connectivity index (χ1n) is 12.9. The number of nitrogens with zero attached hydrogens (tertiary/aromatic N) is 2. The minimum Gasteiger partial charge on any atom is -0.507 e. The number of hydrogen-bond acceptors (Lipinski definition) is 4. The summed E-state index contributed by atoms with van der Waals surface area (Å²) in [5.74, 6) is -1.55. The zero-order chi connectivity index (χ0) is 28.7. The number of aromatic nitrogens is 2. The normalized spacial score (nSPS) is 11.2. The Kier molecular flexibility index (Phi) is 7.25.